The molecule has 0 saturated carbocycles. The van der Waals surface area contributed by atoms with Gasteiger partial charge in [0.1, 0.15) is 0 Å². The Labute approximate surface area is 161 Å². The smallest absolute Gasteiger partial charge is 0.254 e. The van der Waals surface area contributed by atoms with Crippen molar-refractivity contribution < 1.29 is 13.2 Å². The van der Waals surface area contributed by atoms with Crippen molar-refractivity contribution in [1.82, 2.24) is 14.9 Å². The third-order valence-electron chi connectivity index (χ3n) is 4.60. The zero-order valence-electron chi connectivity index (χ0n) is 14.5. The molecule has 0 unspecified atom stereocenters. The van der Waals surface area contributed by atoms with E-state index in [0.717, 1.165) is 22.9 Å². The number of hydrogen-bond donors (Lipinski definition) is 0. The molecule has 3 heterocycles. The van der Waals surface area contributed by atoms with Gasteiger partial charge in [-0.05, 0) is 42.0 Å². The number of halogens is 1. The lowest BCUT2D eigenvalue weighted by atomic mass is 10.0. The van der Waals surface area contributed by atoms with Crippen LogP contribution in [0.25, 0.3) is 11.0 Å². The molecular formula is C19H16ClN3O3S. The number of aromatic nitrogens is 2. The molecule has 3 aromatic rings. The summed E-state index contributed by atoms with van der Waals surface area (Å²) in [7, 11) is -3.28. The molecule has 1 amide bonds. The van der Waals surface area contributed by atoms with E-state index >= 15 is 0 Å². The van der Waals surface area contributed by atoms with Crippen molar-refractivity contribution in [3.63, 3.8) is 0 Å². The number of pyridine rings is 2. The molecule has 0 radical (unpaired) electrons. The predicted octanol–water partition coefficient (Wildman–Crippen LogP) is 2.89. The van der Waals surface area contributed by atoms with E-state index in [0.29, 0.717) is 35.7 Å². The maximum absolute atomic E-state index is 12.8. The van der Waals surface area contributed by atoms with Crippen LogP contribution in [-0.2, 0) is 22.8 Å². The molecule has 0 aliphatic carbocycles. The number of amides is 1. The van der Waals surface area contributed by atoms with Crippen molar-refractivity contribution >= 4 is 38.4 Å². The summed E-state index contributed by atoms with van der Waals surface area (Å²) < 4.78 is 23.1. The highest BCUT2D eigenvalue weighted by atomic mass is 35.5. The van der Waals surface area contributed by atoms with E-state index in [1.165, 1.54) is 12.1 Å². The van der Waals surface area contributed by atoms with Crippen LogP contribution in [-0.4, -0.2) is 42.0 Å². The SMILES string of the molecule is CS(=O)(=O)c1ccc(C(=O)N2CCc3nc4ncc(Cl)cc4cc3C2)cc1. The number of fused-ring (bicyclic) bond motifs is 2. The number of sulfone groups is 1. The first-order chi connectivity index (χ1) is 12.8. The first kappa shape index (κ1) is 17.9. The average Bonchev–Trinajstić information content (AvgIpc) is 2.64. The van der Waals surface area contributed by atoms with Gasteiger partial charge in [-0.1, -0.05) is 11.6 Å². The van der Waals surface area contributed by atoms with Gasteiger partial charge in [0.2, 0.25) is 0 Å². The van der Waals surface area contributed by atoms with Crippen molar-refractivity contribution in [2.75, 3.05) is 12.8 Å². The molecule has 1 aliphatic rings. The van der Waals surface area contributed by atoms with Crippen molar-refractivity contribution in [2.45, 2.75) is 17.9 Å². The second-order valence-corrected chi connectivity index (χ2v) is 9.02. The van der Waals surface area contributed by atoms with Gasteiger partial charge in [0, 0.05) is 48.6 Å². The van der Waals surface area contributed by atoms with Gasteiger partial charge in [-0.25, -0.2) is 18.4 Å². The van der Waals surface area contributed by atoms with Crippen LogP contribution in [0.2, 0.25) is 5.02 Å². The van der Waals surface area contributed by atoms with Crippen molar-refractivity contribution in [3.8, 4) is 0 Å². The lowest BCUT2D eigenvalue weighted by Gasteiger charge is -2.28. The minimum absolute atomic E-state index is 0.134. The van der Waals surface area contributed by atoms with E-state index in [1.54, 1.807) is 23.2 Å². The van der Waals surface area contributed by atoms with E-state index in [4.69, 9.17) is 11.6 Å². The Kier molecular flexibility index (Phi) is 4.36. The molecule has 27 heavy (non-hydrogen) atoms. The molecule has 2 aromatic heterocycles. The number of hydrogen-bond acceptors (Lipinski definition) is 5. The van der Waals surface area contributed by atoms with Crippen LogP contribution in [0.4, 0.5) is 0 Å². The highest BCUT2D eigenvalue weighted by Crippen LogP contribution is 2.24. The predicted molar refractivity (Wildman–Crippen MR) is 103 cm³/mol. The van der Waals surface area contributed by atoms with Gasteiger partial charge in [-0.2, -0.15) is 0 Å². The molecule has 0 fully saturated rings. The van der Waals surface area contributed by atoms with E-state index in [-0.39, 0.29) is 10.8 Å². The van der Waals surface area contributed by atoms with Crippen LogP contribution in [0.3, 0.4) is 0 Å². The fourth-order valence-corrected chi connectivity index (χ4v) is 3.99. The number of rotatable bonds is 2. The van der Waals surface area contributed by atoms with E-state index in [9.17, 15) is 13.2 Å². The number of carbonyl (C=O) groups excluding carboxylic acids is 1. The summed E-state index contributed by atoms with van der Waals surface area (Å²) in [6.07, 6.45) is 3.36. The Bertz CT molecular complexity index is 1160. The Morgan fingerprint density at radius 3 is 2.63 bits per heavy atom. The summed E-state index contributed by atoms with van der Waals surface area (Å²) in [6.45, 7) is 0.989. The number of nitrogens with zero attached hydrogens (tertiary/aromatic N) is 3. The molecule has 0 saturated heterocycles. The third-order valence-corrected chi connectivity index (χ3v) is 5.93. The van der Waals surface area contributed by atoms with Crippen LogP contribution < -0.4 is 0 Å². The zero-order valence-corrected chi connectivity index (χ0v) is 16.1. The Morgan fingerprint density at radius 2 is 1.93 bits per heavy atom. The van der Waals surface area contributed by atoms with Crippen molar-refractivity contribution in [2.24, 2.45) is 0 Å². The monoisotopic (exact) mass is 401 g/mol. The first-order valence-electron chi connectivity index (χ1n) is 8.35. The van der Waals surface area contributed by atoms with Gasteiger partial charge >= 0.3 is 0 Å². The van der Waals surface area contributed by atoms with E-state index in [1.807, 2.05) is 12.1 Å². The molecule has 0 spiro atoms. The van der Waals surface area contributed by atoms with Crippen molar-refractivity contribution in [3.05, 3.63) is 64.4 Å². The normalized spacial score (nSPS) is 14.2. The quantitative estimate of drug-likeness (QED) is 0.659. The number of carbonyl (C=O) groups is 1. The Morgan fingerprint density at radius 1 is 1.19 bits per heavy atom. The summed E-state index contributed by atoms with van der Waals surface area (Å²) in [6, 6.07) is 9.81. The summed E-state index contributed by atoms with van der Waals surface area (Å²) in [5.41, 5.74) is 3.02. The lowest BCUT2D eigenvalue weighted by Crippen LogP contribution is -2.36. The van der Waals surface area contributed by atoms with Gasteiger partial charge in [-0.3, -0.25) is 4.79 Å². The van der Waals surface area contributed by atoms with E-state index < -0.39 is 9.84 Å². The Balaban J connectivity index is 1.61. The molecule has 8 heteroatoms. The topological polar surface area (TPSA) is 80.2 Å². The maximum Gasteiger partial charge on any atom is 0.254 e. The Hall–Kier alpha value is -2.51. The first-order valence-corrected chi connectivity index (χ1v) is 10.6. The van der Waals surface area contributed by atoms with Crippen LogP contribution in [0.5, 0.6) is 0 Å². The summed E-state index contributed by atoms with van der Waals surface area (Å²) in [4.78, 5) is 23.6. The highest BCUT2D eigenvalue weighted by Gasteiger charge is 2.23. The summed E-state index contributed by atoms with van der Waals surface area (Å²) >= 11 is 6.01. The average molecular weight is 402 g/mol. The highest BCUT2D eigenvalue weighted by molar-refractivity contribution is 7.90. The maximum atomic E-state index is 12.8. The fraction of sp³-hybridized carbons (Fsp3) is 0.211. The lowest BCUT2D eigenvalue weighted by molar-refractivity contribution is 0.0733. The summed E-state index contributed by atoms with van der Waals surface area (Å²) in [5, 5.41) is 1.38. The molecule has 0 N–H and O–H groups in total. The largest absolute Gasteiger partial charge is 0.334 e. The van der Waals surface area contributed by atoms with Crippen molar-refractivity contribution in [1.29, 1.82) is 0 Å². The van der Waals surface area contributed by atoms with Gasteiger partial charge in [-0.15, -0.1) is 0 Å². The second-order valence-electron chi connectivity index (χ2n) is 6.57. The molecule has 1 aromatic carbocycles. The minimum atomic E-state index is -3.28. The second kappa shape index (κ2) is 6.58. The van der Waals surface area contributed by atoms with Gasteiger partial charge < -0.3 is 4.90 Å². The molecule has 0 bridgehead atoms. The number of benzene rings is 1. The van der Waals surface area contributed by atoms with Gasteiger partial charge in [0.05, 0.1) is 9.92 Å². The minimum Gasteiger partial charge on any atom is -0.334 e. The van der Waals surface area contributed by atoms with Crippen LogP contribution in [0, 0.1) is 0 Å². The molecular weight excluding hydrogens is 386 g/mol. The van der Waals surface area contributed by atoms with E-state index in [2.05, 4.69) is 9.97 Å². The summed E-state index contributed by atoms with van der Waals surface area (Å²) in [5.74, 6) is -0.134. The zero-order chi connectivity index (χ0) is 19.2. The molecule has 1 aliphatic heterocycles. The third kappa shape index (κ3) is 3.52. The van der Waals surface area contributed by atoms with Gasteiger partial charge in [0.15, 0.2) is 15.5 Å². The van der Waals surface area contributed by atoms with Gasteiger partial charge in [0.25, 0.3) is 5.91 Å². The molecule has 138 valence electrons. The standard InChI is InChI=1S/C19H16ClN3O3S/c1-27(25,26)16-4-2-12(3-5-16)19(24)23-7-6-17-14(11-23)8-13-9-15(20)10-21-18(13)22-17/h2-5,8-10H,6-7,11H2,1H3. The van der Waals surface area contributed by atoms with Crippen LogP contribution >= 0.6 is 11.6 Å². The molecule has 6 nitrogen and oxygen atoms in total. The van der Waals surface area contributed by atoms with Crippen LogP contribution in [0.1, 0.15) is 21.6 Å². The fourth-order valence-electron chi connectivity index (χ4n) is 3.20. The molecule has 4 rings (SSSR count). The van der Waals surface area contributed by atoms with Crippen LogP contribution in [0.15, 0.2) is 47.5 Å². The molecule has 0 atom stereocenters.